The van der Waals surface area contributed by atoms with Gasteiger partial charge >= 0.3 is 0 Å². The van der Waals surface area contributed by atoms with Crippen molar-refractivity contribution < 1.29 is 9.90 Å². The van der Waals surface area contributed by atoms with Gasteiger partial charge in [0.1, 0.15) is 5.65 Å². The van der Waals surface area contributed by atoms with Crippen LogP contribution in [-0.4, -0.2) is 26.0 Å². The second kappa shape index (κ2) is 6.58. The summed E-state index contributed by atoms with van der Waals surface area (Å²) in [6.07, 6.45) is 2.23. The summed E-state index contributed by atoms with van der Waals surface area (Å²) in [6.45, 7) is 0. The molecule has 5 N–H and O–H groups in total. The Balaban J connectivity index is 1.54. The Morgan fingerprint density at radius 2 is 2.19 bits per heavy atom. The number of nitrogens with two attached hydrogens (primary N) is 1. The van der Waals surface area contributed by atoms with Gasteiger partial charge in [-0.15, -0.1) is 11.3 Å². The molecule has 1 amide bonds. The molecule has 0 saturated carbocycles. The van der Waals surface area contributed by atoms with E-state index in [9.17, 15) is 9.90 Å². The van der Waals surface area contributed by atoms with Crippen LogP contribution in [0.2, 0.25) is 0 Å². The predicted molar refractivity (Wildman–Crippen MR) is 102 cm³/mol. The highest BCUT2D eigenvalue weighted by atomic mass is 32.1. The van der Waals surface area contributed by atoms with E-state index in [2.05, 4.69) is 20.3 Å². The molecule has 1 unspecified atom stereocenters. The Labute approximate surface area is 152 Å². The molecule has 7 nitrogen and oxygen atoms in total. The van der Waals surface area contributed by atoms with E-state index < -0.39 is 12.0 Å². The molecule has 0 fully saturated rings. The fourth-order valence-electron chi connectivity index (χ4n) is 2.68. The second-order valence-corrected chi connectivity index (χ2v) is 6.56. The van der Waals surface area contributed by atoms with Crippen LogP contribution in [-0.2, 0) is 4.79 Å². The third-order valence-electron chi connectivity index (χ3n) is 3.94. The van der Waals surface area contributed by atoms with Gasteiger partial charge in [0.25, 0.3) is 5.91 Å². The van der Waals surface area contributed by atoms with E-state index in [1.54, 1.807) is 30.5 Å². The van der Waals surface area contributed by atoms with E-state index in [-0.39, 0.29) is 0 Å². The molecule has 1 aromatic carbocycles. The topological polar surface area (TPSA) is 117 Å². The van der Waals surface area contributed by atoms with E-state index in [4.69, 9.17) is 5.73 Å². The van der Waals surface area contributed by atoms with Crippen LogP contribution in [0.1, 0.15) is 11.7 Å². The highest BCUT2D eigenvalue weighted by Crippen LogP contribution is 2.30. The number of benzene rings is 1. The van der Waals surface area contributed by atoms with Crippen molar-refractivity contribution in [2.24, 2.45) is 0 Å². The molecular formula is C18H15N5O2S. The number of thiazole rings is 1. The highest BCUT2D eigenvalue weighted by Gasteiger charge is 2.19. The van der Waals surface area contributed by atoms with Gasteiger partial charge in [0.15, 0.2) is 11.2 Å². The molecule has 0 saturated heterocycles. The lowest BCUT2D eigenvalue weighted by Crippen LogP contribution is -2.20. The van der Waals surface area contributed by atoms with Gasteiger partial charge in [0.05, 0.1) is 5.69 Å². The van der Waals surface area contributed by atoms with Crippen molar-refractivity contribution in [3.8, 4) is 11.3 Å². The first-order valence-corrected chi connectivity index (χ1v) is 8.72. The number of hydrogen-bond donors (Lipinski definition) is 4. The number of rotatable bonds is 4. The van der Waals surface area contributed by atoms with E-state index in [1.807, 2.05) is 23.7 Å². The van der Waals surface area contributed by atoms with Crippen molar-refractivity contribution in [2.75, 3.05) is 11.1 Å². The molecule has 3 heterocycles. The van der Waals surface area contributed by atoms with Crippen molar-refractivity contribution >= 4 is 39.1 Å². The van der Waals surface area contributed by atoms with E-state index in [1.165, 1.54) is 11.3 Å². The average Bonchev–Trinajstić information content (AvgIpc) is 3.27. The molecular weight excluding hydrogens is 350 g/mol. The monoisotopic (exact) mass is 365 g/mol. The zero-order valence-electron chi connectivity index (χ0n) is 13.5. The van der Waals surface area contributed by atoms with Gasteiger partial charge in [-0.1, -0.05) is 12.1 Å². The van der Waals surface area contributed by atoms with Crippen LogP contribution in [0.5, 0.6) is 0 Å². The lowest BCUT2D eigenvalue weighted by molar-refractivity contribution is -0.124. The number of nitrogen functional groups attached to an aromatic ring is 1. The number of carbonyl (C=O) groups is 1. The number of fused-ring (bicyclic) bond motifs is 1. The number of pyridine rings is 1. The number of nitrogens with zero attached hydrogens (tertiary/aromatic N) is 2. The summed E-state index contributed by atoms with van der Waals surface area (Å²) in [5, 5.41) is 16.1. The fourth-order valence-corrected chi connectivity index (χ4v) is 3.39. The first-order valence-electron chi connectivity index (χ1n) is 7.84. The Bertz CT molecular complexity index is 1090. The lowest BCUT2D eigenvalue weighted by atomic mass is 10.1. The second-order valence-electron chi connectivity index (χ2n) is 5.70. The standard InChI is InChI=1S/C18H15N5O2S/c19-11-4-1-3-10(7-11)15(24)17(25)23-18-22-14(9-26-18)13-8-21-16-12(13)5-2-6-20-16/h1-9,15,24H,19H2,(H,20,21)(H,22,23,25). The number of aromatic amines is 1. The number of aliphatic hydroxyl groups excluding tert-OH is 1. The third kappa shape index (κ3) is 3.03. The maximum absolute atomic E-state index is 12.3. The largest absolute Gasteiger partial charge is 0.399 e. The van der Waals surface area contributed by atoms with Crippen molar-refractivity contribution in [1.82, 2.24) is 15.0 Å². The number of H-pyrrole nitrogens is 1. The van der Waals surface area contributed by atoms with Crippen molar-refractivity contribution in [1.29, 1.82) is 0 Å². The molecule has 0 aliphatic heterocycles. The van der Waals surface area contributed by atoms with Gasteiger partial charge < -0.3 is 15.8 Å². The summed E-state index contributed by atoms with van der Waals surface area (Å²) in [4.78, 5) is 24.1. The minimum Gasteiger partial charge on any atom is -0.399 e. The summed E-state index contributed by atoms with van der Waals surface area (Å²) in [5.41, 5.74) is 9.01. The van der Waals surface area contributed by atoms with Crippen molar-refractivity contribution in [3.63, 3.8) is 0 Å². The minimum atomic E-state index is -1.32. The normalized spacial score (nSPS) is 12.2. The van der Waals surface area contributed by atoms with Crippen molar-refractivity contribution in [2.45, 2.75) is 6.10 Å². The van der Waals surface area contributed by atoms with Gasteiger partial charge in [0.2, 0.25) is 0 Å². The minimum absolute atomic E-state index is 0.409. The summed E-state index contributed by atoms with van der Waals surface area (Å²) >= 11 is 1.29. The maximum Gasteiger partial charge on any atom is 0.259 e. The lowest BCUT2D eigenvalue weighted by Gasteiger charge is -2.10. The highest BCUT2D eigenvalue weighted by molar-refractivity contribution is 7.14. The van der Waals surface area contributed by atoms with Crippen LogP contribution in [0.4, 0.5) is 10.8 Å². The van der Waals surface area contributed by atoms with Gasteiger partial charge in [-0.3, -0.25) is 10.1 Å². The Hall–Kier alpha value is -3.23. The van der Waals surface area contributed by atoms with Crippen molar-refractivity contribution in [3.05, 3.63) is 59.7 Å². The van der Waals surface area contributed by atoms with E-state index >= 15 is 0 Å². The van der Waals surface area contributed by atoms with Gasteiger partial charge in [-0.25, -0.2) is 9.97 Å². The summed E-state index contributed by atoms with van der Waals surface area (Å²) in [7, 11) is 0. The number of hydrogen-bond acceptors (Lipinski definition) is 6. The molecule has 1 atom stereocenters. The number of carbonyl (C=O) groups excluding carboxylic acids is 1. The number of aliphatic hydroxyl groups is 1. The quantitative estimate of drug-likeness (QED) is 0.415. The summed E-state index contributed by atoms with van der Waals surface area (Å²) in [5.74, 6) is -0.558. The van der Waals surface area contributed by atoms with Gasteiger partial charge in [-0.05, 0) is 29.8 Å². The maximum atomic E-state index is 12.3. The molecule has 26 heavy (non-hydrogen) atoms. The predicted octanol–water partition coefficient (Wildman–Crippen LogP) is 2.94. The van der Waals surface area contributed by atoms with E-state index in [0.29, 0.717) is 16.4 Å². The third-order valence-corrected chi connectivity index (χ3v) is 4.69. The van der Waals surface area contributed by atoms with Crippen LogP contribution in [0, 0.1) is 0 Å². The van der Waals surface area contributed by atoms with Gasteiger partial charge in [0, 0.05) is 34.4 Å². The Morgan fingerprint density at radius 3 is 3.04 bits per heavy atom. The van der Waals surface area contributed by atoms with E-state index in [0.717, 1.165) is 22.3 Å². The number of nitrogens with one attached hydrogen (secondary N) is 2. The molecule has 4 rings (SSSR count). The molecule has 4 aromatic rings. The Morgan fingerprint density at radius 1 is 1.31 bits per heavy atom. The molecule has 0 spiro atoms. The summed E-state index contributed by atoms with van der Waals surface area (Å²) in [6, 6.07) is 10.4. The first kappa shape index (κ1) is 16.2. The molecule has 8 heteroatoms. The molecule has 130 valence electrons. The SMILES string of the molecule is Nc1cccc(C(O)C(=O)Nc2nc(-c3c[nH]c4ncccc34)cs2)c1. The number of amides is 1. The smallest absolute Gasteiger partial charge is 0.259 e. The molecule has 0 aliphatic rings. The zero-order chi connectivity index (χ0) is 18.1. The average molecular weight is 365 g/mol. The van der Waals surface area contributed by atoms with Crippen LogP contribution in [0.15, 0.2) is 54.2 Å². The molecule has 0 radical (unpaired) electrons. The molecule has 0 bridgehead atoms. The summed E-state index contributed by atoms with van der Waals surface area (Å²) < 4.78 is 0. The zero-order valence-corrected chi connectivity index (χ0v) is 14.3. The Kier molecular flexibility index (Phi) is 4.11. The first-order chi connectivity index (χ1) is 12.6. The van der Waals surface area contributed by atoms with Crippen LogP contribution in [0.25, 0.3) is 22.3 Å². The number of aromatic nitrogens is 3. The molecule has 0 aliphatic carbocycles. The van der Waals surface area contributed by atoms with Gasteiger partial charge in [-0.2, -0.15) is 0 Å². The van der Waals surface area contributed by atoms with Crippen LogP contribution < -0.4 is 11.1 Å². The number of anilines is 2. The fraction of sp³-hybridized carbons (Fsp3) is 0.0556. The van der Waals surface area contributed by atoms with Crippen LogP contribution >= 0.6 is 11.3 Å². The molecule has 3 aromatic heterocycles. The van der Waals surface area contributed by atoms with Crippen LogP contribution in [0.3, 0.4) is 0 Å².